The number of hydrogen-bond acceptors (Lipinski definition) is 4. The maximum absolute atomic E-state index is 11.3. The molecule has 98 valence electrons. The van der Waals surface area contributed by atoms with E-state index < -0.39 is 11.5 Å². The molecule has 0 spiro atoms. The molecule has 5 heteroatoms. The summed E-state index contributed by atoms with van der Waals surface area (Å²) < 4.78 is 10.5. The second-order valence-electron chi connectivity index (χ2n) is 4.39. The highest BCUT2D eigenvalue weighted by molar-refractivity contribution is 5.85. The first kappa shape index (κ1) is 12.7. The van der Waals surface area contributed by atoms with Crippen molar-refractivity contribution < 1.29 is 19.4 Å². The van der Waals surface area contributed by atoms with Crippen LogP contribution in [0.5, 0.6) is 11.5 Å². The highest BCUT2D eigenvalue weighted by Gasteiger charge is 2.61. The van der Waals surface area contributed by atoms with Crippen LogP contribution in [0, 0.1) is 0 Å². The van der Waals surface area contributed by atoms with Gasteiger partial charge in [0.15, 0.2) is 0 Å². The van der Waals surface area contributed by atoms with Gasteiger partial charge in [0.05, 0.1) is 14.2 Å². The summed E-state index contributed by atoms with van der Waals surface area (Å²) in [6.45, 7) is 0. The zero-order chi connectivity index (χ0) is 13.3. The Morgan fingerprint density at radius 3 is 2.61 bits per heavy atom. The molecule has 5 nitrogen and oxygen atoms in total. The number of likely N-dealkylation sites (N-methyl/N-ethyl adjacent to an activating group) is 1. The van der Waals surface area contributed by atoms with E-state index in [1.54, 1.807) is 33.4 Å². The van der Waals surface area contributed by atoms with E-state index in [-0.39, 0.29) is 5.92 Å². The van der Waals surface area contributed by atoms with E-state index in [1.807, 2.05) is 6.07 Å². The third-order valence-electron chi connectivity index (χ3n) is 3.60. The summed E-state index contributed by atoms with van der Waals surface area (Å²) in [5.41, 5.74) is -0.00628. The van der Waals surface area contributed by atoms with Gasteiger partial charge in [-0.15, -0.1) is 0 Å². The van der Waals surface area contributed by atoms with Gasteiger partial charge in [0.25, 0.3) is 0 Å². The minimum absolute atomic E-state index is 0.0925. The van der Waals surface area contributed by atoms with Gasteiger partial charge in [0.2, 0.25) is 0 Å². The van der Waals surface area contributed by atoms with Gasteiger partial charge < -0.3 is 19.9 Å². The Hall–Kier alpha value is -1.75. The highest BCUT2D eigenvalue weighted by Crippen LogP contribution is 2.54. The Kier molecular flexibility index (Phi) is 3.17. The fourth-order valence-electron chi connectivity index (χ4n) is 2.37. The molecule has 0 saturated heterocycles. The number of aliphatic carboxylic acids is 1. The first-order valence-corrected chi connectivity index (χ1v) is 5.73. The molecule has 1 aliphatic rings. The summed E-state index contributed by atoms with van der Waals surface area (Å²) in [4.78, 5) is 11.3. The van der Waals surface area contributed by atoms with Crippen molar-refractivity contribution in [1.29, 1.82) is 0 Å². The number of hydrogen-bond donors (Lipinski definition) is 2. The number of ether oxygens (including phenoxy) is 2. The normalized spacial score (nSPS) is 25.6. The van der Waals surface area contributed by atoms with Crippen molar-refractivity contribution in [2.24, 2.45) is 0 Å². The van der Waals surface area contributed by atoms with E-state index in [0.29, 0.717) is 17.9 Å². The predicted octanol–water partition coefficient (Wildman–Crippen LogP) is 1.23. The molecule has 1 aliphatic carbocycles. The summed E-state index contributed by atoms with van der Waals surface area (Å²) >= 11 is 0. The smallest absolute Gasteiger partial charge is 0.324 e. The van der Waals surface area contributed by atoms with Gasteiger partial charge in [0.1, 0.15) is 17.0 Å². The van der Waals surface area contributed by atoms with Crippen molar-refractivity contribution in [3.63, 3.8) is 0 Å². The molecule has 18 heavy (non-hydrogen) atoms. The molecular formula is C13H17NO4. The molecule has 1 aromatic carbocycles. The van der Waals surface area contributed by atoms with Crippen molar-refractivity contribution in [2.75, 3.05) is 21.3 Å². The van der Waals surface area contributed by atoms with E-state index >= 15 is 0 Å². The van der Waals surface area contributed by atoms with Gasteiger partial charge in [0, 0.05) is 11.5 Å². The molecule has 0 radical (unpaired) electrons. The van der Waals surface area contributed by atoms with E-state index in [2.05, 4.69) is 5.32 Å². The maximum atomic E-state index is 11.3. The van der Waals surface area contributed by atoms with Crippen molar-refractivity contribution in [3.8, 4) is 11.5 Å². The molecule has 0 heterocycles. The Balaban J connectivity index is 2.37. The van der Waals surface area contributed by atoms with Crippen LogP contribution in [0.15, 0.2) is 18.2 Å². The number of carbonyl (C=O) groups is 1. The van der Waals surface area contributed by atoms with Crippen LogP contribution in [-0.2, 0) is 4.79 Å². The third kappa shape index (κ3) is 1.80. The predicted molar refractivity (Wildman–Crippen MR) is 66.3 cm³/mol. The van der Waals surface area contributed by atoms with Gasteiger partial charge in [-0.2, -0.15) is 0 Å². The lowest BCUT2D eigenvalue weighted by atomic mass is 10.0. The van der Waals surface area contributed by atoms with Crippen LogP contribution in [0.4, 0.5) is 0 Å². The Morgan fingerprint density at radius 2 is 2.17 bits per heavy atom. The molecule has 1 saturated carbocycles. The number of carboxylic acid groups (broad SMARTS) is 1. The first-order chi connectivity index (χ1) is 8.58. The Bertz CT molecular complexity index is 474. The van der Waals surface area contributed by atoms with E-state index in [1.165, 1.54) is 0 Å². The quantitative estimate of drug-likeness (QED) is 0.824. The Morgan fingerprint density at radius 1 is 1.44 bits per heavy atom. The van der Waals surface area contributed by atoms with Crippen molar-refractivity contribution >= 4 is 5.97 Å². The summed E-state index contributed by atoms with van der Waals surface area (Å²) in [6, 6.07) is 5.44. The summed E-state index contributed by atoms with van der Waals surface area (Å²) in [6.07, 6.45) is 0.558. The second kappa shape index (κ2) is 4.49. The maximum Gasteiger partial charge on any atom is 0.324 e. The summed E-state index contributed by atoms with van der Waals surface area (Å²) in [5.74, 6) is 0.470. The number of rotatable bonds is 5. The second-order valence-corrected chi connectivity index (χ2v) is 4.39. The number of nitrogens with one attached hydrogen (secondary N) is 1. The van der Waals surface area contributed by atoms with Crippen LogP contribution in [-0.4, -0.2) is 37.9 Å². The van der Waals surface area contributed by atoms with Crippen LogP contribution in [0.1, 0.15) is 17.9 Å². The first-order valence-electron chi connectivity index (χ1n) is 5.73. The van der Waals surface area contributed by atoms with Gasteiger partial charge in [-0.3, -0.25) is 4.79 Å². The van der Waals surface area contributed by atoms with Gasteiger partial charge in [-0.05, 0) is 31.7 Å². The fraction of sp³-hybridized carbons (Fsp3) is 0.462. The van der Waals surface area contributed by atoms with E-state index in [4.69, 9.17) is 9.47 Å². The molecule has 1 aromatic rings. The molecule has 0 amide bonds. The lowest BCUT2D eigenvalue weighted by Crippen LogP contribution is -2.38. The minimum Gasteiger partial charge on any atom is -0.497 e. The number of carboxylic acids is 1. The number of methoxy groups -OCH3 is 2. The molecule has 2 unspecified atom stereocenters. The zero-order valence-corrected chi connectivity index (χ0v) is 10.7. The molecule has 0 aliphatic heterocycles. The highest BCUT2D eigenvalue weighted by atomic mass is 16.5. The molecular weight excluding hydrogens is 234 g/mol. The van der Waals surface area contributed by atoms with Crippen molar-refractivity contribution in [1.82, 2.24) is 5.32 Å². The standard InChI is InChI=1S/C13H17NO4/c1-14-13(12(15)16)7-10(13)9-6-8(17-2)4-5-11(9)18-3/h4-6,10,14H,7H2,1-3H3,(H,15,16). The molecule has 2 N–H and O–H groups in total. The fourth-order valence-corrected chi connectivity index (χ4v) is 2.37. The lowest BCUT2D eigenvalue weighted by Gasteiger charge is -2.14. The van der Waals surface area contributed by atoms with Crippen LogP contribution < -0.4 is 14.8 Å². The van der Waals surface area contributed by atoms with Crippen molar-refractivity contribution in [3.05, 3.63) is 23.8 Å². The van der Waals surface area contributed by atoms with Gasteiger partial charge in [-0.25, -0.2) is 0 Å². The van der Waals surface area contributed by atoms with Crippen molar-refractivity contribution in [2.45, 2.75) is 17.9 Å². The molecule has 0 aromatic heterocycles. The largest absolute Gasteiger partial charge is 0.497 e. The third-order valence-corrected chi connectivity index (χ3v) is 3.60. The summed E-state index contributed by atoms with van der Waals surface area (Å²) in [7, 11) is 4.83. The van der Waals surface area contributed by atoms with E-state index in [0.717, 1.165) is 5.56 Å². The lowest BCUT2D eigenvalue weighted by molar-refractivity contribution is -0.140. The van der Waals surface area contributed by atoms with Crippen LogP contribution in [0.25, 0.3) is 0 Å². The number of benzene rings is 1. The van der Waals surface area contributed by atoms with Crippen LogP contribution >= 0.6 is 0 Å². The topological polar surface area (TPSA) is 67.8 Å². The van der Waals surface area contributed by atoms with Gasteiger partial charge >= 0.3 is 5.97 Å². The molecule has 2 atom stereocenters. The molecule has 2 rings (SSSR count). The minimum atomic E-state index is -0.875. The average Bonchev–Trinajstić information content (AvgIpc) is 3.14. The van der Waals surface area contributed by atoms with Gasteiger partial charge in [-0.1, -0.05) is 0 Å². The molecule has 0 bridgehead atoms. The van der Waals surface area contributed by atoms with Crippen LogP contribution in [0.2, 0.25) is 0 Å². The SMILES string of the molecule is CNC1(C(=O)O)CC1c1cc(OC)ccc1OC. The zero-order valence-electron chi connectivity index (χ0n) is 10.7. The molecule has 1 fully saturated rings. The van der Waals surface area contributed by atoms with E-state index in [9.17, 15) is 9.90 Å². The Labute approximate surface area is 106 Å². The summed E-state index contributed by atoms with van der Waals surface area (Å²) in [5, 5.41) is 12.2. The average molecular weight is 251 g/mol. The monoisotopic (exact) mass is 251 g/mol. The van der Waals surface area contributed by atoms with Crippen LogP contribution in [0.3, 0.4) is 0 Å².